The van der Waals surface area contributed by atoms with Gasteiger partial charge in [-0.15, -0.1) is 0 Å². The fourth-order valence-electron chi connectivity index (χ4n) is 3.99. The van der Waals surface area contributed by atoms with Crippen LogP contribution in [0.4, 0.5) is 0 Å². The average Bonchev–Trinajstić information content (AvgIpc) is 2.75. The minimum atomic E-state index is 0.892. The molecule has 0 N–H and O–H groups in total. The predicted molar refractivity (Wildman–Crippen MR) is 52.4 cm³/mol. The first-order valence-corrected chi connectivity index (χ1v) is 5.54. The van der Waals surface area contributed by atoms with Crippen LogP contribution in [0.5, 0.6) is 0 Å². The third-order valence-electron chi connectivity index (χ3n) is 4.37. The third-order valence-corrected chi connectivity index (χ3v) is 4.37. The average molecular weight is 178 g/mol. The molecular formula is C12H18O. The molecule has 1 aliphatic heterocycles. The summed E-state index contributed by atoms with van der Waals surface area (Å²) in [5, 5.41) is 0. The lowest BCUT2D eigenvalue weighted by molar-refractivity contribution is 0.170. The first kappa shape index (κ1) is 8.05. The molecule has 13 heavy (non-hydrogen) atoms. The second-order valence-corrected chi connectivity index (χ2v) is 5.11. The largest absolute Gasteiger partial charge is 0.381 e. The van der Waals surface area contributed by atoms with E-state index >= 15 is 0 Å². The molecule has 3 aliphatic rings. The summed E-state index contributed by atoms with van der Waals surface area (Å²) >= 11 is 0. The number of ether oxygens (including phenoxy) is 1. The van der Waals surface area contributed by atoms with E-state index < -0.39 is 0 Å². The van der Waals surface area contributed by atoms with E-state index in [0.29, 0.717) is 0 Å². The highest BCUT2D eigenvalue weighted by Gasteiger charge is 2.53. The molecular weight excluding hydrogens is 160 g/mol. The van der Waals surface area contributed by atoms with E-state index in [2.05, 4.69) is 13.8 Å². The molecule has 3 rings (SSSR count). The maximum atomic E-state index is 5.60. The van der Waals surface area contributed by atoms with Gasteiger partial charge in [-0.1, -0.05) is 11.1 Å². The van der Waals surface area contributed by atoms with Gasteiger partial charge in [0.15, 0.2) is 0 Å². The van der Waals surface area contributed by atoms with Crippen LogP contribution in [0, 0.1) is 23.7 Å². The first-order valence-electron chi connectivity index (χ1n) is 5.54. The number of rotatable bonds is 0. The highest BCUT2D eigenvalue weighted by atomic mass is 16.5. The van der Waals surface area contributed by atoms with E-state index in [9.17, 15) is 0 Å². The van der Waals surface area contributed by atoms with E-state index in [0.717, 1.165) is 36.9 Å². The number of allylic oxidation sites excluding steroid dienone is 2. The molecule has 1 saturated heterocycles. The van der Waals surface area contributed by atoms with Crippen LogP contribution in [0.25, 0.3) is 0 Å². The summed E-state index contributed by atoms with van der Waals surface area (Å²) in [7, 11) is 0. The van der Waals surface area contributed by atoms with Crippen LogP contribution in [0.3, 0.4) is 0 Å². The molecule has 1 nitrogen and oxygen atoms in total. The topological polar surface area (TPSA) is 9.23 Å². The number of hydrogen-bond donors (Lipinski definition) is 0. The molecule has 0 radical (unpaired) electrons. The van der Waals surface area contributed by atoms with Crippen molar-refractivity contribution in [2.24, 2.45) is 23.7 Å². The zero-order chi connectivity index (χ0) is 9.00. The van der Waals surface area contributed by atoms with Crippen molar-refractivity contribution < 1.29 is 4.74 Å². The van der Waals surface area contributed by atoms with Crippen LogP contribution in [0.15, 0.2) is 11.1 Å². The Morgan fingerprint density at radius 1 is 1.08 bits per heavy atom. The zero-order valence-electron chi connectivity index (χ0n) is 8.55. The van der Waals surface area contributed by atoms with Gasteiger partial charge in [0.25, 0.3) is 0 Å². The molecule has 1 heteroatoms. The summed E-state index contributed by atoms with van der Waals surface area (Å²) < 4.78 is 5.60. The molecule has 2 bridgehead atoms. The van der Waals surface area contributed by atoms with Gasteiger partial charge >= 0.3 is 0 Å². The van der Waals surface area contributed by atoms with Crippen molar-refractivity contribution in [3.05, 3.63) is 11.1 Å². The Labute approximate surface area is 80.2 Å². The first-order chi connectivity index (χ1) is 6.29. The monoisotopic (exact) mass is 178 g/mol. The van der Waals surface area contributed by atoms with Gasteiger partial charge in [0.1, 0.15) is 0 Å². The highest BCUT2D eigenvalue weighted by Crippen LogP contribution is 2.58. The molecule has 0 spiro atoms. The van der Waals surface area contributed by atoms with Crippen molar-refractivity contribution in [2.75, 3.05) is 13.2 Å². The molecule has 0 unspecified atom stereocenters. The SMILES string of the molecule is CC(C)=C1[C@@H]2CC[C@@H]1[C@H]1COC[C@@H]12. The van der Waals surface area contributed by atoms with Crippen molar-refractivity contribution in [3.63, 3.8) is 0 Å². The Morgan fingerprint density at radius 3 is 2.08 bits per heavy atom. The lowest BCUT2D eigenvalue weighted by Gasteiger charge is -2.20. The third kappa shape index (κ3) is 0.914. The second-order valence-electron chi connectivity index (χ2n) is 5.11. The summed E-state index contributed by atoms with van der Waals surface area (Å²) in [5.74, 6) is 3.59. The van der Waals surface area contributed by atoms with E-state index in [1.165, 1.54) is 12.8 Å². The second kappa shape index (κ2) is 2.60. The Bertz CT molecular complexity index is 242. The Hall–Kier alpha value is -0.300. The zero-order valence-corrected chi connectivity index (χ0v) is 8.55. The smallest absolute Gasteiger partial charge is 0.0503 e. The fourth-order valence-corrected chi connectivity index (χ4v) is 3.99. The summed E-state index contributed by atoms with van der Waals surface area (Å²) in [6.07, 6.45) is 2.88. The highest BCUT2D eigenvalue weighted by molar-refractivity contribution is 5.29. The van der Waals surface area contributed by atoms with Crippen LogP contribution in [-0.2, 0) is 4.74 Å². The van der Waals surface area contributed by atoms with Crippen molar-refractivity contribution in [3.8, 4) is 0 Å². The van der Waals surface area contributed by atoms with Crippen LogP contribution in [0.2, 0.25) is 0 Å². The summed E-state index contributed by atoms with van der Waals surface area (Å²) in [4.78, 5) is 0. The predicted octanol–water partition coefficient (Wildman–Crippen LogP) is 2.63. The molecule has 72 valence electrons. The Morgan fingerprint density at radius 2 is 1.62 bits per heavy atom. The van der Waals surface area contributed by atoms with Gasteiger partial charge in [-0.2, -0.15) is 0 Å². The van der Waals surface area contributed by atoms with Gasteiger partial charge in [-0.3, -0.25) is 0 Å². The summed E-state index contributed by atoms with van der Waals surface area (Å²) in [6.45, 7) is 6.68. The molecule has 0 aromatic rings. The normalized spacial score (nSPS) is 47.1. The molecule has 2 aliphatic carbocycles. The van der Waals surface area contributed by atoms with Gasteiger partial charge in [-0.05, 0) is 50.4 Å². The lowest BCUT2D eigenvalue weighted by Crippen LogP contribution is -2.19. The van der Waals surface area contributed by atoms with E-state index in [-0.39, 0.29) is 0 Å². The molecule has 1 heterocycles. The summed E-state index contributed by atoms with van der Waals surface area (Å²) in [5.41, 5.74) is 3.42. The molecule has 0 aromatic carbocycles. The molecule has 2 saturated carbocycles. The lowest BCUT2D eigenvalue weighted by atomic mass is 9.82. The van der Waals surface area contributed by atoms with Crippen LogP contribution in [0.1, 0.15) is 26.7 Å². The number of fused-ring (bicyclic) bond motifs is 5. The van der Waals surface area contributed by atoms with Crippen LogP contribution >= 0.6 is 0 Å². The van der Waals surface area contributed by atoms with E-state index in [1.807, 2.05) is 5.57 Å². The minimum Gasteiger partial charge on any atom is -0.381 e. The van der Waals surface area contributed by atoms with Crippen LogP contribution in [-0.4, -0.2) is 13.2 Å². The summed E-state index contributed by atoms with van der Waals surface area (Å²) in [6, 6.07) is 0. The standard InChI is InChI=1S/C12H18O/c1-7(2)12-8-3-4-9(12)11-6-13-5-10(8)11/h8-11H,3-6H2,1-2H3/t8-,9-,10-,11-/m1/s1. The van der Waals surface area contributed by atoms with Crippen molar-refractivity contribution in [1.29, 1.82) is 0 Å². The van der Waals surface area contributed by atoms with Gasteiger partial charge in [-0.25, -0.2) is 0 Å². The van der Waals surface area contributed by atoms with Gasteiger partial charge < -0.3 is 4.74 Å². The van der Waals surface area contributed by atoms with E-state index in [1.54, 1.807) is 5.57 Å². The number of hydrogen-bond acceptors (Lipinski definition) is 1. The Balaban J connectivity index is 2.01. The maximum Gasteiger partial charge on any atom is 0.0503 e. The van der Waals surface area contributed by atoms with Crippen molar-refractivity contribution in [1.82, 2.24) is 0 Å². The van der Waals surface area contributed by atoms with Crippen molar-refractivity contribution in [2.45, 2.75) is 26.7 Å². The quantitative estimate of drug-likeness (QED) is 0.518. The molecule has 0 amide bonds. The van der Waals surface area contributed by atoms with Gasteiger partial charge in [0, 0.05) is 0 Å². The molecule has 4 atom stereocenters. The van der Waals surface area contributed by atoms with Crippen LogP contribution < -0.4 is 0 Å². The maximum absolute atomic E-state index is 5.60. The Kier molecular flexibility index (Phi) is 1.61. The molecule has 0 aromatic heterocycles. The molecule has 3 fully saturated rings. The van der Waals surface area contributed by atoms with Gasteiger partial charge in [0.2, 0.25) is 0 Å². The fraction of sp³-hybridized carbons (Fsp3) is 0.833. The minimum absolute atomic E-state index is 0.892. The van der Waals surface area contributed by atoms with E-state index in [4.69, 9.17) is 4.74 Å². The van der Waals surface area contributed by atoms with Gasteiger partial charge in [0.05, 0.1) is 13.2 Å². The van der Waals surface area contributed by atoms with Crippen molar-refractivity contribution >= 4 is 0 Å².